The highest BCUT2D eigenvalue weighted by molar-refractivity contribution is 6.05. The quantitative estimate of drug-likeness (QED) is 0.216. The molecule has 5 aromatic rings. The molecule has 1 aliphatic rings. The van der Waals surface area contributed by atoms with Crippen LogP contribution in [-0.4, -0.2) is 68.2 Å². The van der Waals surface area contributed by atoms with Crippen LogP contribution >= 0.6 is 0 Å². The second-order valence-electron chi connectivity index (χ2n) is 11.0. The molecule has 4 aromatic carbocycles. The van der Waals surface area contributed by atoms with E-state index in [9.17, 15) is 4.79 Å². The van der Waals surface area contributed by atoms with Crippen LogP contribution in [0.25, 0.3) is 22.0 Å². The van der Waals surface area contributed by atoms with Gasteiger partial charge in [-0.2, -0.15) is 0 Å². The first kappa shape index (κ1) is 28.9. The van der Waals surface area contributed by atoms with Crippen LogP contribution in [0.1, 0.15) is 15.9 Å². The second kappa shape index (κ2) is 12.6. The predicted molar refractivity (Wildman–Crippen MR) is 177 cm³/mol. The Labute approximate surface area is 257 Å². The normalized spacial score (nSPS) is 13.5. The van der Waals surface area contributed by atoms with E-state index in [-0.39, 0.29) is 5.91 Å². The van der Waals surface area contributed by atoms with E-state index < -0.39 is 0 Å². The number of piperazine rings is 1. The summed E-state index contributed by atoms with van der Waals surface area (Å²) < 4.78 is 10.6. The van der Waals surface area contributed by atoms with Crippen LogP contribution in [0.4, 0.5) is 23.0 Å². The lowest BCUT2D eigenvalue weighted by atomic mass is 9.98. The number of hydrogen-bond acceptors (Lipinski definition) is 8. The number of aromatic nitrogens is 2. The summed E-state index contributed by atoms with van der Waals surface area (Å²) in [6.45, 7) is 6.28. The van der Waals surface area contributed by atoms with E-state index in [0.29, 0.717) is 28.7 Å². The minimum atomic E-state index is -0.252. The molecule has 9 nitrogen and oxygen atoms in total. The summed E-state index contributed by atoms with van der Waals surface area (Å²) in [6.07, 6.45) is 1.84. The van der Waals surface area contributed by atoms with Gasteiger partial charge in [0.1, 0.15) is 11.5 Å². The Bertz CT molecular complexity index is 1780. The molecule has 1 aromatic heterocycles. The van der Waals surface area contributed by atoms with Gasteiger partial charge in [-0.15, -0.1) is 0 Å². The molecule has 0 unspecified atom stereocenters. The SMILES string of the molecule is COc1cc(OC)cc(C(=O)Nc2ccc(C)c(-c3ccc4nc(Nc5ccc(N6CCN(C)CC6)cc5)ncc4c3)c2)c1. The van der Waals surface area contributed by atoms with Crippen molar-refractivity contribution in [2.45, 2.75) is 6.92 Å². The number of nitrogens with one attached hydrogen (secondary N) is 2. The van der Waals surface area contributed by atoms with Crippen molar-refractivity contribution in [1.29, 1.82) is 0 Å². The number of benzene rings is 4. The van der Waals surface area contributed by atoms with Crippen LogP contribution in [0.3, 0.4) is 0 Å². The average molecular weight is 589 g/mol. The van der Waals surface area contributed by atoms with Gasteiger partial charge in [0.2, 0.25) is 5.95 Å². The Balaban J connectivity index is 1.17. The minimum absolute atomic E-state index is 0.252. The highest BCUT2D eigenvalue weighted by Gasteiger charge is 2.15. The van der Waals surface area contributed by atoms with Crippen LogP contribution in [0.2, 0.25) is 0 Å². The molecule has 1 saturated heterocycles. The van der Waals surface area contributed by atoms with Crippen molar-refractivity contribution in [1.82, 2.24) is 14.9 Å². The molecule has 44 heavy (non-hydrogen) atoms. The first-order chi connectivity index (χ1) is 21.4. The summed E-state index contributed by atoms with van der Waals surface area (Å²) in [5.74, 6) is 1.40. The summed E-state index contributed by atoms with van der Waals surface area (Å²) in [4.78, 5) is 27.2. The van der Waals surface area contributed by atoms with Crippen molar-refractivity contribution in [3.8, 4) is 22.6 Å². The van der Waals surface area contributed by atoms with E-state index in [2.05, 4.69) is 69.7 Å². The zero-order valence-corrected chi connectivity index (χ0v) is 25.4. The number of carbonyl (C=O) groups is 1. The van der Waals surface area contributed by atoms with Gasteiger partial charge in [-0.1, -0.05) is 12.1 Å². The highest BCUT2D eigenvalue weighted by Crippen LogP contribution is 2.30. The Morgan fingerprint density at radius 1 is 0.818 bits per heavy atom. The molecule has 2 N–H and O–H groups in total. The molecular formula is C35H36N6O3. The Morgan fingerprint density at radius 2 is 1.52 bits per heavy atom. The molecule has 1 amide bonds. The Morgan fingerprint density at radius 3 is 2.23 bits per heavy atom. The predicted octanol–water partition coefficient (Wildman–Crippen LogP) is 6.37. The third kappa shape index (κ3) is 6.43. The third-order valence-electron chi connectivity index (χ3n) is 7.99. The van der Waals surface area contributed by atoms with E-state index in [1.165, 1.54) is 5.69 Å². The van der Waals surface area contributed by atoms with Gasteiger partial charge >= 0.3 is 0 Å². The fourth-order valence-corrected chi connectivity index (χ4v) is 5.36. The zero-order valence-electron chi connectivity index (χ0n) is 25.4. The lowest BCUT2D eigenvalue weighted by Crippen LogP contribution is -2.44. The number of aryl methyl sites for hydroxylation is 1. The minimum Gasteiger partial charge on any atom is -0.497 e. The molecule has 9 heteroatoms. The zero-order chi connectivity index (χ0) is 30.6. The Hall–Kier alpha value is -5.15. The molecule has 0 atom stereocenters. The number of rotatable bonds is 8. The largest absolute Gasteiger partial charge is 0.497 e. The highest BCUT2D eigenvalue weighted by atomic mass is 16.5. The molecule has 1 aliphatic heterocycles. The fourth-order valence-electron chi connectivity index (χ4n) is 5.36. The fraction of sp³-hybridized carbons (Fsp3) is 0.229. The van der Waals surface area contributed by atoms with E-state index in [1.54, 1.807) is 32.4 Å². The first-order valence-electron chi connectivity index (χ1n) is 14.6. The number of ether oxygens (including phenoxy) is 2. The van der Waals surface area contributed by atoms with Crippen molar-refractivity contribution in [3.05, 3.63) is 96.2 Å². The number of fused-ring (bicyclic) bond motifs is 1. The van der Waals surface area contributed by atoms with E-state index in [0.717, 1.165) is 59.5 Å². The number of likely N-dealkylation sites (N-methyl/N-ethyl adjacent to an activating group) is 1. The van der Waals surface area contributed by atoms with Gasteiger partial charge in [0.05, 0.1) is 19.7 Å². The summed E-state index contributed by atoms with van der Waals surface area (Å²) in [5, 5.41) is 7.27. The Kier molecular flexibility index (Phi) is 8.29. The van der Waals surface area contributed by atoms with Crippen molar-refractivity contribution in [2.75, 3.05) is 63.0 Å². The smallest absolute Gasteiger partial charge is 0.255 e. The van der Waals surface area contributed by atoms with Gasteiger partial charge in [-0.3, -0.25) is 4.79 Å². The number of methoxy groups -OCH3 is 2. The van der Waals surface area contributed by atoms with Crippen LogP contribution in [-0.2, 0) is 0 Å². The first-order valence-corrected chi connectivity index (χ1v) is 14.6. The lowest BCUT2D eigenvalue weighted by molar-refractivity contribution is 0.102. The molecule has 1 fully saturated rings. The van der Waals surface area contributed by atoms with Crippen LogP contribution in [0, 0.1) is 6.92 Å². The molecule has 6 rings (SSSR count). The van der Waals surface area contributed by atoms with Crippen LogP contribution < -0.4 is 25.0 Å². The number of anilines is 4. The maximum Gasteiger partial charge on any atom is 0.255 e. The number of hydrogen-bond donors (Lipinski definition) is 2. The number of nitrogens with zero attached hydrogens (tertiary/aromatic N) is 4. The molecule has 0 bridgehead atoms. The molecule has 0 spiro atoms. The van der Waals surface area contributed by atoms with E-state index in [1.807, 2.05) is 36.5 Å². The lowest BCUT2D eigenvalue weighted by Gasteiger charge is -2.34. The maximum atomic E-state index is 13.1. The second-order valence-corrected chi connectivity index (χ2v) is 11.0. The van der Waals surface area contributed by atoms with Gasteiger partial charge in [0, 0.05) is 66.5 Å². The van der Waals surface area contributed by atoms with E-state index >= 15 is 0 Å². The standard InChI is InChI=1S/C35H36N6O3/c1-23-5-7-28(37-34(42)25-18-30(43-3)21-31(19-25)44-4)20-32(23)24-6-12-33-26(17-24)22-36-35(39-33)38-27-8-10-29(11-9-27)41-15-13-40(2)14-16-41/h5-12,17-22H,13-16H2,1-4H3,(H,37,42)(H,36,38,39). The summed E-state index contributed by atoms with van der Waals surface area (Å²) in [7, 11) is 5.28. The molecule has 224 valence electrons. The van der Waals surface area contributed by atoms with Gasteiger partial charge < -0.3 is 29.9 Å². The molecule has 2 heterocycles. The van der Waals surface area contributed by atoms with Gasteiger partial charge in [0.15, 0.2) is 0 Å². The average Bonchev–Trinajstić information content (AvgIpc) is 3.06. The van der Waals surface area contributed by atoms with Crippen molar-refractivity contribution < 1.29 is 14.3 Å². The van der Waals surface area contributed by atoms with Gasteiger partial charge in [0.25, 0.3) is 5.91 Å². The topological polar surface area (TPSA) is 91.8 Å². The molecular weight excluding hydrogens is 552 g/mol. The van der Waals surface area contributed by atoms with E-state index in [4.69, 9.17) is 14.5 Å². The molecule has 0 saturated carbocycles. The summed E-state index contributed by atoms with van der Waals surface area (Å²) in [6, 6.07) is 25.5. The monoisotopic (exact) mass is 588 g/mol. The van der Waals surface area contributed by atoms with Crippen molar-refractivity contribution in [3.63, 3.8) is 0 Å². The van der Waals surface area contributed by atoms with Crippen LogP contribution in [0.15, 0.2) is 85.1 Å². The van der Waals surface area contributed by atoms with Crippen molar-refractivity contribution in [2.24, 2.45) is 0 Å². The number of carbonyl (C=O) groups excluding carboxylic acids is 1. The molecule has 0 aliphatic carbocycles. The maximum absolute atomic E-state index is 13.1. The van der Waals surface area contributed by atoms with Gasteiger partial charge in [-0.05, 0) is 91.3 Å². The number of amides is 1. The summed E-state index contributed by atoms with van der Waals surface area (Å²) >= 11 is 0. The van der Waals surface area contributed by atoms with Gasteiger partial charge in [-0.25, -0.2) is 9.97 Å². The summed E-state index contributed by atoms with van der Waals surface area (Å²) in [5.41, 5.74) is 7.26. The molecule has 0 radical (unpaired) electrons. The van der Waals surface area contributed by atoms with Crippen molar-refractivity contribution >= 4 is 39.8 Å². The van der Waals surface area contributed by atoms with Crippen LogP contribution in [0.5, 0.6) is 11.5 Å². The third-order valence-corrected chi connectivity index (χ3v) is 7.99.